The van der Waals surface area contributed by atoms with E-state index in [2.05, 4.69) is 18.6 Å². The number of rotatable bonds is 5. The van der Waals surface area contributed by atoms with Gasteiger partial charge in [0.15, 0.2) is 0 Å². The number of halogens is 1. The molecule has 1 atom stereocenters. The zero-order chi connectivity index (χ0) is 15.6. The van der Waals surface area contributed by atoms with Gasteiger partial charge < -0.3 is 0 Å². The lowest BCUT2D eigenvalue weighted by Crippen LogP contribution is -2.26. The van der Waals surface area contributed by atoms with Crippen molar-refractivity contribution in [1.82, 2.24) is 4.72 Å². The lowest BCUT2D eigenvalue weighted by atomic mass is 10.00. The van der Waals surface area contributed by atoms with Crippen LogP contribution in [-0.2, 0) is 10.0 Å². The van der Waals surface area contributed by atoms with E-state index in [1.54, 1.807) is 6.07 Å². The fourth-order valence-electron chi connectivity index (χ4n) is 1.97. The van der Waals surface area contributed by atoms with E-state index in [1.807, 2.05) is 31.2 Å². The third kappa shape index (κ3) is 4.07. The molecule has 1 heterocycles. The Balaban J connectivity index is 2.15. The molecule has 114 valence electrons. The number of hydrogen-bond donors (Lipinski definition) is 1. The second-order valence-corrected chi connectivity index (χ2v) is 8.88. The highest BCUT2D eigenvalue weighted by molar-refractivity contribution is 7.91. The van der Waals surface area contributed by atoms with Gasteiger partial charge in [-0.1, -0.05) is 49.7 Å². The van der Waals surface area contributed by atoms with Gasteiger partial charge in [0.1, 0.15) is 4.21 Å². The minimum absolute atomic E-state index is 0.234. The number of nitrogens with one attached hydrogen (secondary N) is 1. The van der Waals surface area contributed by atoms with Gasteiger partial charge in [0.05, 0.1) is 4.34 Å². The number of benzene rings is 1. The normalized spacial score (nSPS) is 13.6. The molecule has 0 amide bonds. The van der Waals surface area contributed by atoms with Gasteiger partial charge in [-0.2, -0.15) is 0 Å². The van der Waals surface area contributed by atoms with Crippen LogP contribution in [-0.4, -0.2) is 8.42 Å². The highest BCUT2D eigenvalue weighted by Crippen LogP contribution is 2.27. The molecule has 0 spiro atoms. The number of hydrogen-bond acceptors (Lipinski definition) is 3. The van der Waals surface area contributed by atoms with Crippen molar-refractivity contribution in [3.05, 3.63) is 51.9 Å². The molecule has 0 saturated heterocycles. The predicted octanol–water partition coefficient (Wildman–Crippen LogP) is 4.56. The first kappa shape index (κ1) is 16.5. The summed E-state index contributed by atoms with van der Waals surface area (Å²) in [6.07, 6.45) is 0. The molecule has 0 aliphatic rings. The molecule has 2 aromatic rings. The average molecular weight is 344 g/mol. The molecule has 0 fully saturated rings. The summed E-state index contributed by atoms with van der Waals surface area (Å²) in [5.74, 6) is 0.458. The van der Waals surface area contributed by atoms with E-state index in [0.29, 0.717) is 10.3 Å². The van der Waals surface area contributed by atoms with Crippen LogP contribution in [0.5, 0.6) is 0 Å². The molecular formula is C15H18ClNO2S2. The highest BCUT2D eigenvalue weighted by atomic mass is 35.5. The van der Waals surface area contributed by atoms with Gasteiger partial charge in [-0.05, 0) is 36.1 Å². The van der Waals surface area contributed by atoms with Gasteiger partial charge in [0.2, 0.25) is 0 Å². The fourth-order valence-corrected chi connectivity index (χ4v) is 4.70. The van der Waals surface area contributed by atoms with Gasteiger partial charge in [0, 0.05) is 6.04 Å². The van der Waals surface area contributed by atoms with Crippen LogP contribution in [0.1, 0.15) is 43.9 Å². The number of sulfonamides is 1. The van der Waals surface area contributed by atoms with Crippen molar-refractivity contribution in [1.29, 1.82) is 0 Å². The summed E-state index contributed by atoms with van der Waals surface area (Å²) < 4.78 is 27.9. The van der Waals surface area contributed by atoms with Gasteiger partial charge in [-0.3, -0.25) is 0 Å². The Bertz CT molecular complexity index is 706. The first-order chi connectivity index (χ1) is 9.79. The van der Waals surface area contributed by atoms with Crippen LogP contribution in [0.3, 0.4) is 0 Å². The van der Waals surface area contributed by atoms with Crippen molar-refractivity contribution >= 4 is 33.0 Å². The minimum atomic E-state index is -3.53. The molecule has 1 aromatic carbocycles. The Kier molecular flexibility index (Phi) is 5.09. The van der Waals surface area contributed by atoms with E-state index in [0.717, 1.165) is 16.9 Å². The monoisotopic (exact) mass is 343 g/mol. The van der Waals surface area contributed by atoms with Gasteiger partial charge in [0.25, 0.3) is 10.0 Å². The lowest BCUT2D eigenvalue weighted by molar-refractivity contribution is 0.569. The summed E-state index contributed by atoms with van der Waals surface area (Å²) in [7, 11) is -3.53. The summed E-state index contributed by atoms with van der Waals surface area (Å²) in [6.45, 7) is 6.08. The maximum Gasteiger partial charge on any atom is 0.250 e. The highest BCUT2D eigenvalue weighted by Gasteiger charge is 2.20. The van der Waals surface area contributed by atoms with Crippen molar-refractivity contribution in [3.8, 4) is 0 Å². The maximum atomic E-state index is 12.2. The first-order valence-electron chi connectivity index (χ1n) is 6.67. The summed E-state index contributed by atoms with van der Waals surface area (Å²) >= 11 is 6.85. The second-order valence-electron chi connectivity index (χ2n) is 5.22. The van der Waals surface area contributed by atoms with Crippen LogP contribution < -0.4 is 4.72 Å². The minimum Gasteiger partial charge on any atom is -0.206 e. The molecule has 21 heavy (non-hydrogen) atoms. The molecule has 6 heteroatoms. The van der Waals surface area contributed by atoms with Crippen LogP contribution in [0.25, 0.3) is 0 Å². The zero-order valence-electron chi connectivity index (χ0n) is 12.1. The second kappa shape index (κ2) is 6.48. The summed E-state index contributed by atoms with van der Waals surface area (Å²) in [5.41, 5.74) is 2.17. The smallest absolute Gasteiger partial charge is 0.206 e. The fraction of sp³-hybridized carbons (Fsp3) is 0.333. The van der Waals surface area contributed by atoms with E-state index >= 15 is 0 Å². The SMILES string of the molecule is CC(C)c1ccc(C(C)NS(=O)(=O)c2ccc(Cl)s2)cc1. The van der Waals surface area contributed by atoms with Crippen molar-refractivity contribution in [2.45, 2.75) is 36.9 Å². The topological polar surface area (TPSA) is 46.2 Å². The van der Waals surface area contributed by atoms with Crippen molar-refractivity contribution in [2.24, 2.45) is 0 Å². The maximum absolute atomic E-state index is 12.2. The van der Waals surface area contributed by atoms with Crippen LogP contribution in [0, 0.1) is 0 Å². The van der Waals surface area contributed by atoms with Crippen LogP contribution in [0.15, 0.2) is 40.6 Å². The Morgan fingerprint density at radius 1 is 1.00 bits per heavy atom. The quantitative estimate of drug-likeness (QED) is 0.864. The molecular weight excluding hydrogens is 326 g/mol. The molecule has 0 bridgehead atoms. The van der Waals surface area contributed by atoms with Gasteiger partial charge >= 0.3 is 0 Å². The average Bonchev–Trinajstić information content (AvgIpc) is 2.86. The van der Waals surface area contributed by atoms with E-state index in [4.69, 9.17) is 11.6 Å². The van der Waals surface area contributed by atoms with Gasteiger partial charge in [-0.15, -0.1) is 11.3 Å². The molecule has 0 aliphatic carbocycles. The first-order valence-corrected chi connectivity index (χ1v) is 9.35. The third-order valence-corrected chi connectivity index (χ3v) is 6.51. The van der Waals surface area contributed by atoms with Crippen LogP contribution in [0.2, 0.25) is 4.34 Å². The largest absolute Gasteiger partial charge is 0.250 e. The summed E-state index contributed by atoms with van der Waals surface area (Å²) in [6, 6.07) is 10.8. The Labute approximate surface area is 135 Å². The van der Waals surface area contributed by atoms with E-state index in [-0.39, 0.29) is 10.3 Å². The van der Waals surface area contributed by atoms with Crippen molar-refractivity contribution in [2.75, 3.05) is 0 Å². The van der Waals surface area contributed by atoms with Gasteiger partial charge in [-0.25, -0.2) is 13.1 Å². The Morgan fingerprint density at radius 2 is 1.57 bits per heavy atom. The van der Waals surface area contributed by atoms with Crippen molar-refractivity contribution in [3.63, 3.8) is 0 Å². The van der Waals surface area contributed by atoms with E-state index in [9.17, 15) is 8.42 Å². The molecule has 1 N–H and O–H groups in total. The summed E-state index contributed by atoms with van der Waals surface area (Å²) in [5, 5.41) is 0. The molecule has 1 aromatic heterocycles. The molecule has 0 radical (unpaired) electrons. The van der Waals surface area contributed by atoms with Crippen molar-refractivity contribution < 1.29 is 8.42 Å². The third-order valence-electron chi connectivity index (χ3n) is 3.25. The predicted molar refractivity (Wildman–Crippen MR) is 88.6 cm³/mol. The zero-order valence-corrected chi connectivity index (χ0v) is 14.5. The Morgan fingerprint density at radius 3 is 2.05 bits per heavy atom. The molecule has 0 saturated carbocycles. The van der Waals surface area contributed by atoms with E-state index < -0.39 is 10.0 Å². The molecule has 2 rings (SSSR count). The number of thiophene rings is 1. The Hall–Kier alpha value is -0.880. The van der Waals surface area contributed by atoms with E-state index in [1.165, 1.54) is 11.6 Å². The van der Waals surface area contributed by atoms with Crippen LogP contribution in [0.4, 0.5) is 0 Å². The summed E-state index contributed by atoms with van der Waals surface area (Å²) in [4.78, 5) is 0. The standard InChI is InChI=1S/C15H18ClNO2S2/c1-10(2)12-4-6-13(7-5-12)11(3)17-21(18,19)15-9-8-14(16)20-15/h4-11,17H,1-3H3. The molecule has 0 aliphatic heterocycles. The van der Waals surface area contributed by atoms with Crippen LogP contribution >= 0.6 is 22.9 Å². The lowest BCUT2D eigenvalue weighted by Gasteiger charge is -2.15. The molecule has 3 nitrogen and oxygen atoms in total. The molecule has 1 unspecified atom stereocenters.